The first kappa shape index (κ1) is 10.5. The second-order valence-corrected chi connectivity index (χ2v) is 3.98. The molecule has 74 valence electrons. The van der Waals surface area contributed by atoms with E-state index >= 15 is 0 Å². The lowest BCUT2D eigenvalue weighted by Gasteiger charge is -2.16. The van der Waals surface area contributed by atoms with E-state index in [1.807, 2.05) is 19.1 Å². The molecule has 0 aromatic heterocycles. The third kappa shape index (κ3) is 4.25. The SMILES string of the molecule is CC(CNN(C)C)CC1=CCC=C1. The van der Waals surface area contributed by atoms with Crippen molar-refractivity contribution >= 4 is 0 Å². The number of allylic oxidation sites excluding steroid dienone is 4. The Kier molecular flexibility index (Phi) is 4.19. The van der Waals surface area contributed by atoms with E-state index in [-0.39, 0.29) is 0 Å². The molecule has 0 heterocycles. The maximum absolute atomic E-state index is 3.30. The molecule has 1 aliphatic carbocycles. The highest BCUT2D eigenvalue weighted by Gasteiger charge is 2.05. The van der Waals surface area contributed by atoms with Crippen LogP contribution in [0.5, 0.6) is 0 Å². The fourth-order valence-corrected chi connectivity index (χ4v) is 1.47. The van der Waals surface area contributed by atoms with Crippen molar-refractivity contribution in [3.8, 4) is 0 Å². The summed E-state index contributed by atoms with van der Waals surface area (Å²) in [5.74, 6) is 0.705. The summed E-state index contributed by atoms with van der Waals surface area (Å²) in [5, 5.41) is 2.01. The van der Waals surface area contributed by atoms with Gasteiger partial charge < -0.3 is 0 Å². The van der Waals surface area contributed by atoms with Crippen LogP contribution in [0, 0.1) is 5.92 Å². The lowest BCUT2D eigenvalue weighted by Crippen LogP contribution is -2.34. The molecule has 0 saturated heterocycles. The van der Waals surface area contributed by atoms with E-state index in [9.17, 15) is 0 Å². The second kappa shape index (κ2) is 5.20. The Morgan fingerprint density at radius 3 is 2.85 bits per heavy atom. The third-order valence-corrected chi connectivity index (χ3v) is 2.19. The molecule has 0 spiro atoms. The van der Waals surface area contributed by atoms with Crippen LogP contribution in [0.4, 0.5) is 0 Å². The summed E-state index contributed by atoms with van der Waals surface area (Å²) >= 11 is 0. The van der Waals surface area contributed by atoms with Gasteiger partial charge in [-0.05, 0) is 18.8 Å². The molecule has 0 aromatic carbocycles. The van der Waals surface area contributed by atoms with E-state index in [0.29, 0.717) is 5.92 Å². The van der Waals surface area contributed by atoms with Crippen LogP contribution in [-0.2, 0) is 0 Å². The van der Waals surface area contributed by atoms with Crippen molar-refractivity contribution in [2.45, 2.75) is 19.8 Å². The van der Waals surface area contributed by atoms with Gasteiger partial charge in [0.25, 0.3) is 0 Å². The van der Waals surface area contributed by atoms with Crippen molar-refractivity contribution in [3.05, 3.63) is 23.8 Å². The van der Waals surface area contributed by atoms with Gasteiger partial charge in [-0.3, -0.25) is 10.4 Å². The summed E-state index contributed by atoms with van der Waals surface area (Å²) in [5.41, 5.74) is 4.79. The van der Waals surface area contributed by atoms with E-state index in [0.717, 1.165) is 13.0 Å². The van der Waals surface area contributed by atoms with Gasteiger partial charge in [-0.1, -0.05) is 30.7 Å². The Morgan fingerprint density at radius 2 is 2.31 bits per heavy atom. The van der Waals surface area contributed by atoms with Gasteiger partial charge in [0, 0.05) is 20.6 Å². The molecule has 0 aromatic rings. The average Bonchev–Trinajstić information content (AvgIpc) is 2.53. The highest BCUT2D eigenvalue weighted by atomic mass is 15.5. The van der Waals surface area contributed by atoms with Crippen LogP contribution in [0.2, 0.25) is 0 Å². The van der Waals surface area contributed by atoms with E-state index < -0.39 is 0 Å². The van der Waals surface area contributed by atoms with Gasteiger partial charge in [-0.2, -0.15) is 0 Å². The third-order valence-electron chi connectivity index (χ3n) is 2.19. The minimum Gasteiger partial charge on any atom is -0.255 e. The quantitative estimate of drug-likeness (QED) is 0.651. The topological polar surface area (TPSA) is 15.3 Å². The normalized spacial score (nSPS) is 18.0. The number of hydrazine groups is 1. The van der Waals surface area contributed by atoms with Crippen LogP contribution >= 0.6 is 0 Å². The van der Waals surface area contributed by atoms with Gasteiger partial charge >= 0.3 is 0 Å². The van der Waals surface area contributed by atoms with Crippen molar-refractivity contribution in [2.75, 3.05) is 20.6 Å². The van der Waals surface area contributed by atoms with Crippen molar-refractivity contribution in [2.24, 2.45) is 5.92 Å². The first-order valence-electron chi connectivity index (χ1n) is 4.95. The first-order valence-corrected chi connectivity index (χ1v) is 4.95. The minimum absolute atomic E-state index is 0.705. The molecule has 0 bridgehead atoms. The number of nitrogens with zero attached hydrogens (tertiary/aromatic N) is 1. The number of hydrogen-bond acceptors (Lipinski definition) is 2. The van der Waals surface area contributed by atoms with Crippen molar-refractivity contribution in [1.82, 2.24) is 10.4 Å². The van der Waals surface area contributed by atoms with E-state index in [1.54, 1.807) is 0 Å². The van der Waals surface area contributed by atoms with E-state index in [2.05, 4.69) is 30.6 Å². The average molecular weight is 180 g/mol. The number of nitrogens with one attached hydrogen (secondary N) is 1. The Labute approximate surface area is 81.3 Å². The fraction of sp³-hybridized carbons (Fsp3) is 0.636. The van der Waals surface area contributed by atoms with Gasteiger partial charge in [-0.15, -0.1) is 0 Å². The largest absolute Gasteiger partial charge is 0.255 e. The van der Waals surface area contributed by atoms with Gasteiger partial charge in [-0.25, -0.2) is 0 Å². The zero-order valence-corrected chi connectivity index (χ0v) is 8.88. The minimum atomic E-state index is 0.705. The van der Waals surface area contributed by atoms with Gasteiger partial charge in [0.2, 0.25) is 0 Å². The van der Waals surface area contributed by atoms with Crippen LogP contribution in [0.15, 0.2) is 23.8 Å². The van der Waals surface area contributed by atoms with Crippen molar-refractivity contribution in [1.29, 1.82) is 0 Å². The van der Waals surface area contributed by atoms with E-state index in [1.165, 1.54) is 12.0 Å². The van der Waals surface area contributed by atoms with Gasteiger partial charge in [0.15, 0.2) is 0 Å². The molecule has 0 amide bonds. The highest BCUT2D eigenvalue weighted by Crippen LogP contribution is 2.17. The van der Waals surface area contributed by atoms with Gasteiger partial charge in [0.05, 0.1) is 0 Å². The molecule has 2 heteroatoms. The molecule has 2 nitrogen and oxygen atoms in total. The summed E-state index contributed by atoms with van der Waals surface area (Å²) in [7, 11) is 4.06. The van der Waals surface area contributed by atoms with Crippen LogP contribution in [-0.4, -0.2) is 25.6 Å². The molecule has 1 N–H and O–H groups in total. The van der Waals surface area contributed by atoms with E-state index in [4.69, 9.17) is 0 Å². The molecule has 1 atom stereocenters. The molecule has 1 aliphatic rings. The molecule has 1 rings (SSSR count). The van der Waals surface area contributed by atoms with Crippen LogP contribution < -0.4 is 5.43 Å². The Bertz CT molecular complexity index is 204. The molecule has 0 fully saturated rings. The molecule has 0 radical (unpaired) electrons. The summed E-state index contributed by atoms with van der Waals surface area (Å²) in [4.78, 5) is 0. The standard InChI is InChI=1S/C11H20N2/c1-10(9-12-13(2)3)8-11-6-4-5-7-11/h4,6-7,10,12H,5,8-9H2,1-3H3. The predicted molar refractivity (Wildman–Crippen MR) is 57.3 cm³/mol. The molecule has 0 saturated carbocycles. The summed E-state index contributed by atoms with van der Waals surface area (Å²) in [6.07, 6.45) is 9.10. The lowest BCUT2D eigenvalue weighted by molar-refractivity contribution is 0.266. The molecular weight excluding hydrogens is 160 g/mol. The smallest absolute Gasteiger partial charge is 0.0131 e. The Morgan fingerprint density at radius 1 is 1.54 bits per heavy atom. The molecule has 13 heavy (non-hydrogen) atoms. The fourth-order valence-electron chi connectivity index (χ4n) is 1.47. The Hall–Kier alpha value is -0.600. The van der Waals surface area contributed by atoms with Crippen LogP contribution in [0.25, 0.3) is 0 Å². The van der Waals surface area contributed by atoms with Crippen molar-refractivity contribution < 1.29 is 0 Å². The lowest BCUT2D eigenvalue weighted by atomic mass is 10.0. The summed E-state index contributed by atoms with van der Waals surface area (Å²) < 4.78 is 0. The number of hydrogen-bond donors (Lipinski definition) is 1. The molecular formula is C11H20N2. The summed E-state index contributed by atoms with van der Waals surface area (Å²) in [6.45, 7) is 3.34. The summed E-state index contributed by atoms with van der Waals surface area (Å²) in [6, 6.07) is 0. The molecule has 0 aliphatic heterocycles. The molecule has 1 unspecified atom stereocenters. The Balaban J connectivity index is 2.17. The van der Waals surface area contributed by atoms with Crippen molar-refractivity contribution in [3.63, 3.8) is 0 Å². The first-order chi connectivity index (χ1) is 6.18. The zero-order chi connectivity index (χ0) is 9.68. The highest BCUT2D eigenvalue weighted by molar-refractivity contribution is 5.26. The monoisotopic (exact) mass is 180 g/mol. The second-order valence-electron chi connectivity index (χ2n) is 3.98. The van der Waals surface area contributed by atoms with Gasteiger partial charge in [0.1, 0.15) is 0 Å². The predicted octanol–water partition coefficient (Wildman–Crippen LogP) is 1.97. The maximum Gasteiger partial charge on any atom is 0.0131 e. The number of rotatable bonds is 5. The van der Waals surface area contributed by atoms with Crippen LogP contribution in [0.3, 0.4) is 0 Å². The maximum atomic E-state index is 3.30. The zero-order valence-electron chi connectivity index (χ0n) is 8.88. The van der Waals surface area contributed by atoms with Crippen LogP contribution in [0.1, 0.15) is 19.8 Å².